The second-order valence-corrected chi connectivity index (χ2v) is 3.30. The molecule has 0 saturated heterocycles. The molecule has 0 aliphatic carbocycles. The van der Waals surface area contributed by atoms with E-state index >= 15 is 0 Å². The van der Waals surface area contributed by atoms with Crippen LogP contribution in [0.25, 0.3) is 0 Å². The van der Waals surface area contributed by atoms with Gasteiger partial charge in [0.05, 0.1) is 10.0 Å². The Hall–Kier alpha value is 0.0500. The fourth-order valence-electron chi connectivity index (χ4n) is 0.733. The molecule has 60 valence electrons. The first-order valence-corrected chi connectivity index (χ1v) is 4.15. The Kier molecular flexibility index (Phi) is 3.02. The van der Waals surface area contributed by atoms with Gasteiger partial charge in [0, 0.05) is 5.56 Å². The molecule has 0 amide bonds. The minimum atomic E-state index is -0.596. The lowest BCUT2D eigenvalue weighted by molar-refractivity contribution is 1.02. The molecule has 0 spiro atoms. The second-order valence-electron chi connectivity index (χ2n) is 2.04. The molecule has 1 unspecified atom stereocenters. The van der Waals surface area contributed by atoms with Crippen LogP contribution in [0.3, 0.4) is 0 Å². The number of alkyl halides is 1. The third-order valence-corrected chi connectivity index (χ3v) is 2.35. The summed E-state index contributed by atoms with van der Waals surface area (Å²) in [4.78, 5) is 0. The molecule has 1 aromatic rings. The van der Waals surface area contributed by atoms with Crippen molar-refractivity contribution in [2.45, 2.75) is 5.50 Å². The van der Waals surface area contributed by atoms with Crippen molar-refractivity contribution in [3.8, 4) is 0 Å². The van der Waals surface area contributed by atoms with Crippen LogP contribution in [0, 0.1) is 0 Å². The highest BCUT2D eigenvalue weighted by atomic mass is 35.5. The molecule has 0 aromatic heterocycles. The van der Waals surface area contributed by atoms with E-state index in [1.165, 1.54) is 0 Å². The maximum absolute atomic E-state index is 5.79. The van der Waals surface area contributed by atoms with Crippen LogP contribution in [0.5, 0.6) is 0 Å². The van der Waals surface area contributed by atoms with Gasteiger partial charge in [-0.2, -0.15) is 0 Å². The fourth-order valence-corrected chi connectivity index (χ4v) is 1.40. The first-order chi connectivity index (χ1) is 5.13. The average molecular weight is 210 g/mol. The van der Waals surface area contributed by atoms with Crippen molar-refractivity contribution >= 4 is 34.8 Å². The van der Waals surface area contributed by atoms with Gasteiger partial charge in [-0.1, -0.05) is 35.3 Å². The Morgan fingerprint density at radius 3 is 2.36 bits per heavy atom. The lowest BCUT2D eigenvalue weighted by Crippen LogP contribution is -2.02. The average Bonchev–Trinajstić information content (AvgIpc) is 1.94. The number of rotatable bonds is 1. The van der Waals surface area contributed by atoms with Gasteiger partial charge in [-0.15, -0.1) is 11.6 Å². The molecule has 0 bridgehead atoms. The lowest BCUT2D eigenvalue weighted by Gasteiger charge is -2.06. The van der Waals surface area contributed by atoms with E-state index in [4.69, 9.17) is 40.5 Å². The topological polar surface area (TPSA) is 26.0 Å². The van der Waals surface area contributed by atoms with Gasteiger partial charge in [-0.3, -0.25) is 0 Å². The molecule has 0 heterocycles. The van der Waals surface area contributed by atoms with E-state index < -0.39 is 5.50 Å². The molecule has 1 rings (SSSR count). The van der Waals surface area contributed by atoms with Crippen LogP contribution in [0.2, 0.25) is 10.0 Å². The van der Waals surface area contributed by atoms with Crippen LogP contribution in [0.1, 0.15) is 11.1 Å². The van der Waals surface area contributed by atoms with Crippen LogP contribution in [-0.4, -0.2) is 0 Å². The third kappa shape index (κ3) is 2.00. The predicted octanol–water partition coefficient (Wildman–Crippen LogP) is 3.19. The maximum Gasteiger partial charge on any atom is 0.107 e. The molecule has 0 radical (unpaired) electrons. The molecule has 2 N–H and O–H groups in total. The van der Waals surface area contributed by atoms with Gasteiger partial charge < -0.3 is 5.73 Å². The summed E-state index contributed by atoms with van der Waals surface area (Å²) in [5.74, 6) is 0. The van der Waals surface area contributed by atoms with Crippen molar-refractivity contribution in [2.75, 3.05) is 0 Å². The minimum Gasteiger partial charge on any atom is -0.312 e. The van der Waals surface area contributed by atoms with Gasteiger partial charge >= 0.3 is 0 Å². The zero-order valence-electron chi connectivity index (χ0n) is 5.52. The molecule has 0 fully saturated rings. The fraction of sp³-hybridized carbons (Fsp3) is 0.143. The summed E-state index contributed by atoms with van der Waals surface area (Å²) in [6.45, 7) is 0. The van der Waals surface area contributed by atoms with E-state index in [0.717, 1.165) is 0 Å². The summed E-state index contributed by atoms with van der Waals surface area (Å²) in [5, 5.41) is 0.900. The summed E-state index contributed by atoms with van der Waals surface area (Å²) < 4.78 is 0. The molecular weight excluding hydrogens is 204 g/mol. The Bertz CT molecular complexity index is 260. The third-order valence-electron chi connectivity index (χ3n) is 1.28. The SMILES string of the molecule is NC(Cl)c1cccc(Cl)c1Cl. The normalized spacial score (nSPS) is 13.1. The highest BCUT2D eigenvalue weighted by molar-refractivity contribution is 6.42. The Morgan fingerprint density at radius 2 is 1.91 bits per heavy atom. The number of halogens is 3. The molecule has 4 heteroatoms. The van der Waals surface area contributed by atoms with Gasteiger partial charge in [0.1, 0.15) is 5.50 Å². The van der Waals surface area contributed by atoms with Gasteiger partial charge in [0.2, 0.25) is 0 Å². The van der Waals surface area contributed by atoms with Crippen LogP contribution < -0.4 is 5.73 Å². The number of hydrogen-bond donors (Lipinski definition) is 1. The highest BCUT2D eigenvalue weighted by Gasteiger charge is 2.08. The largest absolute Gasteiger partial charge is 0.312 e. The zero-order valence-corrected chi connectivity index (χ0v) is 7.79. The van der Waals surface area contributed by atoms with Crippen LogP contribution in [0.4, 0.5) is 0 Å². The van der Waals surface area contributed by atoms with Crippen molar-refractivity contribution < 1.29 is 0 Å². The first-order valence-electron chi connectivity index (χ1n) is 2.96. The van der Waals surface area contributed by atoms with E-state index in [0.29, 0.717) is 15.6 Å². The Balaban J connectivity index is 3.17. The summed E-state index contributed by atoms with van der Waals surface area (Å²) in [7, 11) is 0. The van der Waals surface area contributed by atoms with Crippen molar-refractivity contribution in [3.63, 3.8) is 0 Å². The van der Waals surface area contributed by atoms with Crippen molar-refractivity contribution in [2.24, 2.45) is 5.73 Å². The van der Waals surface area contributed by atoms with Crippen molar-refractivity contribution in [3.05, 3.63) is 33.8 Å². The summed E-state index contributed by atoms with van der Waals surface area (Å²) in [6.07, 6.45) is 0. The van der Waals surface area contributed by atoms with Crippen LogP contribution >= 0.6 is 34.8 Å². The number of hydrogen-bond acceptors (Lipinski definition) is 1. The standard InChI is InChI=1S/C7H6Cl3N/c8-5-3-1-2-4(6(5)9)7(10)11/h1-3,7H,11H2. The van der Waals surface area contributed by atoms with Gasteiger partial charge in [0.15, 0.2) is 0 Å². The summed E-state index contributed by atoms with van der Waals surface area (Å²) in [6, 6.07) is 5.18. The monoisotopic (exact) mass is 209 g/mol. The summed E-state index contributed by atoms with van der Waals surface area (Å²) in [5.41, 5.74) is 5.46. The number of nitrogens with two attached hydrogens (primary N) is 1. The van der Waals surface area contributed by atoms with Crippen LogP contribution in [-0.2, 0) is 0 Å². The van der Waals surface area contributed by atoms with E-state index in [2.05, 4.69) is 0 Å². The molecule has 1 aromatic carbocycles. The van der Waals surface area contributed by atoms with Gasteiger partial charge in [-0.05, 0) is 6.07 Å². The van der Waals surface area contributed by atoms with E-state index in [-0.39, 0.29) is 0 Å². The Morgan fingerprint density at radius 1 is 1.27 bits per heavy atom. The molecule has 1 nitrogen and oxygen atoms in total. The van der Waals surface area contributed by atoms with E-state index in [1.54, 1.807) is 18.2 Å². The summed E-state index contributed by atoms with van der Waals surface area (Å²) >= 11 is 17.1. The predicted molar refractivity (Wildman–Crippen MR) is 49.2 cm³/mol. The zero-order chi connectivity index (χ0) is 8.43. The van der Waals surface area contributed by atoms with Crippen LogP contribution in [0.15, 0.2) is 18.2 Å². The molecule has 0 saturated carbocycles. The molecule has 11 heavy (non-hydrogen) atoms. The van der Waals surface area contributed by atoms with Gasteiger partial charge in [0.25, 0.3) is 0 Å². The molecule has 0 aliphatic heterocycles. The number of benzene rings is 1. The maximum atomic E-state index is 5.79. The van der Waals surface area contributed by atoms with Crippen molar-refractivity contribution in [1.29, 1.82) is 0 Å². The first kappa shape index (κ1) is 9.14. The van der Waals surface area contributed by atoms with Crippen molar-refractivity contribution in [1.82, 2.24) is 0 Å². The molecular formula is C7H6Cl3N. The lowest BCUT2D eigenvalue weighted by atomic mass is 10.2. The highest BCUT2D eigenvalue weighted by Crippen LogP contribution is 2.30. The second kappa shape index (κ2) is 3.63. The quantitative estimate of drug-likeness (QED) is 0.559. The van der Waals surface area contributed by atoms with E-state index in [9.17, 15) is 0 Å². The van der Waals surface area contributed by atoms with Gasteiger partial charge in [-0.25, -0.2) is 0 Å². The molecule has 0 aliphatic rings. The molecule has 1 atom stereocenters. The minimum absolute atomic E-state index is 0.427. The smallest absolute Gasteiger partial charge is 0.107 e. The Labute approximate surface area is 80.0 Å². The van der Waals surface area contributed by atoms with E-state index in [1.807, 2.05) is 0 Å².